The highest BCUT2D eigenvalue weighted by Gasteiger charge is 2.29. The second kappa shape index (κ2) is 4.89. The molecule has 0 saturated carbocycles. The lowest BCUT2D eigenvalue weighted by Gasteiger charge is -2.26. The molecule has 90 valence electrons. The summed E-state index contributed by atoms with van der Waals surface area (Å²) < 4.78 is 32.5. The fraction of sp³-hybridized carbons (Fsp3) is 0.500. The second-order valence-corrected chi connectivity index (χ2v) is 4.11. The molecule has 0 aromatic heterocycles. The third-order valence-corrected chi connectivity index (χ3v) is 2.46. The van der Waals surface area contributed by atoms with Crippen molar-refractivity contribution in [3.05, 3.63) is 34.9 Å². The van der Waals surface area contributed by atoms with Crippen molar-refractivity contribution in [3.8, 4) is 0 Å². The van der Waals surface area contributed by atoms with Crippen molar-refractivity contribution in [2.24, 2.45) is 5.73 Å². The standard InChI is InChI=1S/C12H17F2NO/c1-4-16-7-12(3,15)10-9(13)6-5-8(2)11(10)14/h5-6H,4,7,15H2,1-3H3. The zero-order chi connectivity index (χ0) is 12.3. The SMILES string of the molecule is CCOCC(C)(N)c1c(F)ccc(C)c1F. The summed E-state index contributed by atoms with van der Waals surface area (Å²) in [4.78, 5) is 0. The van der Waals surface area contributed by atoms with E-state index in [0.29, 0.717) is 12.2 Å². The molecule has 0 spiro atoms. The Balaban J connectivity index is 3.15. The van der Waals surface area contributed by atoms with Crippen molar-refractivity contribution in [3.63, 3.8) is 0 Å². The maximum absolute atomic E-state index is 13.8. The van der Waals surface area contributed by atoms with Crippen LogP contribution in [0, 0.1) is 18.6 Å². The Hall–Kier alpha value is -1.00. The molecule has 0 aliphatic heterocycles. The predicted octanol–water partition coefficient (Wildman–Crippen LogP) is 2.48. The molecule has 16 heavy (non-hydrogen) atoms. The van der Waals surface area contributed by atoms with Crippen LogP contribution in [0.2, 0.25) is 0 Å². The summed E-state index contributed by atoms with van der Waals surface area (Å²) in [5.41, 5.74) is 5.00. The van der Waals surface area contributed by atoms with E-state index in [1.807, 2.05) is 0 Å². The van der Waals surface area contributed by atoms with Crippen LogP contribution in [-0.4, -0.2) is 13.2 Å². The van der Waals surface area contributed by atoms with Crippen LogP contribution in [0.3, 0.4) is 0 Å². The molecule has 2 nitrogen and oxygen atoms in total. The summed E-state index contributed by atoms with van der Waals surface area (Å²) in [6, 6.07) is 2.62. The number of nitrogens with two attached hydrogens (primary N) is 1. The zero-order valence-electron chi connectivity index (χ0n) is 9.81. The van der Waals surface area contributed by atoms with Gasteiger partial charge in [-0.3, -0.25) is 0 Å². The van der Waals surface area contributed by atoms with Gasteiger partial charge in [-0.2, -0.15) is 0 Å². The van der Waals surface area contributed by atoms with Crippen molar-refractivity contribution in [1.29, 1.82) is 0 Å². The topological polar surface area (TPSA) is 35.2 Å². The van der Waals surface area contributed by atoms with Gasteiger partial charge < -0.3 is 10.5 Å². The molecule has 0 saturated heterocycles. The largest absolute Gasteiger partial charge is 0.379 e. The summed E-state index contributed by atoms with van der Waals surface area (Å²) in [6.45, 7) is 5.49. The molecule has 1 aromatic carbocycles. The van der Waals surface area contributed by atoms with E-state index in [2.05, 4.69) is 0 Å². The molecule has 0 amide bonds. The first-order valence-corrected chi connectivity index (χ1v) is 5.22. The summed E-state index contributed by atoms with van der Waals surface area (Å²) in [6.07, 6.45) is 0. The van der Waals surface area contributed by atoms with E-state index in [1.54, 1.807) is 20.8 Å². The first-order chi connectivity index (χ1) is 7.40. The monoisotopic (exact) mass is 229 g/mol. The summed E-state index contributed by atoms with van der Waals surface area (Å²) in [5, 5.41) is 0. The normalized spacial score (nSPS) is 14.9. The highest BCUT2D eigenvalue weighted by atomic mass is 19.1. The van der Waals surface area contributed by atoms with E-state index in [1.165, 1.54) is 12.1 Å². The molecule has 0 heterocycles. The van der Waals surface area contributed by atoms with E-state index in [4.69, 9.17) is 10.5 Å². The minimum Gasteiger partial charge on any atom is -0.379 e. The first kappa shape index (κ1) is 13.1. The fourth-order valence-corrected chi connectivity index (χ4v) is 1.57. The van der Waals surface area contributed by atoms with Crippen LogP contribution in [0.1, 0.15) is 25.0 Å². The minimum absolute atomic E-state index is 0.0841. The predicted molar refractivity (Wildman–Crippen MR) is 59.1 cm³/mol. The zero-order valence-corrected chi connectivity index (χ0v) is 9.81. The third kappa shape index (κ3) is 2.57. The van der Waals surface area contributed by atoms with Gasteiger partial charge in [0.1, 0.15) is 11.6 Å². The molecule has 0 aliphatic carbocycles. The van der Waals surface area contributed by atoms with Crippen LogP contribution < -0.4 is 5.73 Å². The first-order valence-electron chi connectivity index (χ1n) is 5.22. The Morgan fingerprint density at radius 2 is 2.00 bits per heavy atom. The van der Waals surface area contributed by atoms with E-state index in [-0.39, 0.29) is 12.2 Å². The number of hydrogen-bond acceptors (Lipinski definition) is 2. The molecule has 0 radical (unpaired) electrons. The van der Waals surface area contributed by atoms with Crippen LogP contribution in [-0.2, 0) is 10.3 Å². The highest BCUT2D eigenvalue weighted by Crippen LogP contribution is 2.26. The van der Waals surface area contributed by atoms with Crippen molar-refractivity contribution < 1.29 is 13.5 Å². The molecule has 0 fully saturated rings. The summed E-state index contributed by atoms with van der Waals surface area (Å²) >= 11 is 0. The van der Waals surface area contributed by atoms with E-state index in [9.17, 15) is 8.78 Å². The molecule has 2 N–H and O–H groups in total. The van der Waals surface area contributed by atoms with Crippen molar-refractivity contribution in [1.82, 2.24) is 0 Å². The van der Waals surface area contributed by atoms with Gasteiger partial charge in [-0.1, -0.05) is 6.07 Å². The van der Waals surface area contributed by atoms with Gasteiger partial charge in [-0.15, -0.1) is 0 Å². The van der Waals surface area contributed by atoms with Gasteiger partial charge in [0.15, 0.2) is 0 Å². The lowest BCUT2D eigenvalue weighted by molar-refractivity contribution is 0.0976. The highest BCUT2D eigenvalue weighted by molar-refractivity contribution is 5.32. The van der Waals surface area contributed by atoms with Gasteiger partial charge in [-0.25, -0.2) is 8.78 Å². The number of benzene rings is 1. The Morgan fingerprint density at radius 3 is 2.56 bits per heavy atom. The summed E-state index contributed by atoms with van der Waals surface area (Å²) in [7, 11) is 0. The second-order valence-electron chi connectivity index (χ2n) is 4.11. The lowest BCUT2D eigenvalue weighted by Crippen LogP contribution is -2.40. The lowest BCUT2D eigenvalue weighted by atomic mass is 9.91. The number of ether oxygens (including phenoxy) is 1. The molecular weight excluding hydrogens is 212 g/mol. The molecule has 0 bridgehead atoms. The molecule has 0 aliphatic rings. The molecular formula is C12H17F2NO. The minimum atomic E-state index is -1.16. The number of halogens is 2. The quantitative estimate of drug-likeness (QED) is 0.860. The van der Waals surface area contributed by atoms with Crippen molar-refractivity contribution in [2.45, 2.75) is 26.3 Å². The average molecular weight is 229 g/mol. The molecule has 1 atom stereocenters. The van der Waals surface area contributed by atoms with E-state index < -0.39 is 17.2 Å². The van der Waals surface area contributed by atoms with Gasteiger partial charge in [0.05, 0.1) is 12.1 Å². The van der Waals surface area contributed by atoms with Gasteiger partial charge in [0, 0.05) is 12.2 Å². The van der Waals surface area contributed by atoms with Gasteiger partial charge in [0.25, 0.3) is 0 Å². The molecule has 1 unspecified atom stereocenters. The smallest absolute Gasteiger partial charge is 0.134 e. The maximum Gasteiger partial charge on any atom is 0.134 e. The molecule has 1 aromatic rings. The Bertz CT molecular complexity index is 378. The van der Waals surface area contributed by atoms with Crippen molar-refractivity contribution >= 4 is 0 Å². The Labute approximate surface area is 94.4 Å². The Morgan fingerprint density at radius 1 is 1.38 bits per heavy atom. The number of hydrogen-bond donors (Lipinski definition) is 1. The molecule has 4 heteroatoms. The van der Waals surface area contributed by atoms with E-state index in [0.717, 1.165) is 0 Å². The fourth-order valence-electron chi connectivity index (χ4n) is 1.57. The van der Waals surface area contributed by atoms with Crippen LogP contribution in [0.5, 0.6) is 0 Å². The van der Waals surface area contributed by atoms with Crippen molar-refractivity contribution in [2.75, 3.05) is 13.2 Å². The van der Waals surface area contributed by atoms with Gasteiger partial charge in [0.2, 0.25) is 0 Å². The van der Waals surface area contributed by atoms with Crippen LogP contribution in [0.4, 0.5) is 8.78 Å². The maximum atomic E-state index is 13.8. The van der Waals surface area contributed by atoms with Crippen LogP contribution in [0.15, 0.2) is 12.1 Å². The Kier molecular flexibility index (Phi) is 3.99. The van der Waals surface area contributed by atoms with Gasteiger partial charge >= 0.3 is 0 Å². The van der Waals surface area contributed by atoms with Crippen LogP contribution >= 0.6 is 0 Å². The third-order valence-electron chi connectivity index (χ3n) is 2.46. The van der Waals surface area contributed by atoms with Crippen LogP contribution in [0.25, 0.3) is 0 Å². The average Bonchev–Trinajstić information content (AvgIpc) is 2.21. The van der Waals surface area contributed by atoms with E-state index >= 15 is 0 Å². The summed E-state index contributed by atoms with van der Waals surface area (Å²) in [5.74, 6) is -1.22. The van der Waals surface area contributed by atoms with Gasteiger partial charge in [-0.05, 0) is 32.4 Å². The number of aryl methyl sites for hydroxylation is 1. The molecule has 1 rings (SSSR count). The number of rotatable bonds is 4.